The second-order valence-corrected chi connectivity index (χ2v) is 12.2. The van der Waals surface area contributed by atoms with Crippen molar-refractivity contribution in [2.75, 3.05) is 11.4 Å². The van der Waals surface area contributed by atoms with Gasteiger partial charge in [-0.3, -0.25) is 4.79 Å². The molecule has 5 rings (SSSR count). The highest BCUT2D eigenvalue weighted by atomic mass is 79.9. The zero-order valence-corrected chi connectivity index (χ0v) is 21.8. The number of anilines is 1. The number of hydrogen-bond acceptors (Lipinski definition) is 1. The summed E-state index contributed by atoms with van der Waals surface area (Å²) in [5, 5.41) is 3.25. The minimum atomic E-state index is -4.47. The van der Waals surface area contributed by atoms with Gasteiger partial charge in [0.25, 0.3) is 5.91 Å². The summed E-state index contributed by atoms with van der Waals surface area (Å²) in [6.07, 6.45) is -3.91. The van der Waals surface area contributed by atoms with Gasteiger partial charge < -0.3 is 21.9 Å². The predicted octanol–water partition coefficient (Wildman–Crippen LogP) is 2.81. The van der Waals surface area contributed by atoms with Crippen LogP contribution < -0.4 is 37.8 Å². The van der Waals surface area contributed by atoms with Crippen LogP contribution in [0.5, 0.6) is 0 Å². The lowest BCUT2D eigenvalue weighted by atomic mass is 10.2. The summed E-state index contributed by atoms with van der Waals surface area (Å²) in [5.41, 5.74) is -0.842. The van der Waals surface area contributed by atoms with E-state index in [4.69, 9.17) is 0 Å². The smallest absolute Gasteiger partial charge is 0.416 e. The maximum atomic E-state index is 14.1. The lowest BCUT2D eigenvalue weighted by molar-refractivity contribution is -0.137. The van der Waals surface area contributed by atoms with Crippen LogP contribution in [0.4, 0.5) is 18.9 Å². The van der Waals surface area contributed by atoms with Crippen molar-refractivity contribution in [3.63, 3.8) is 0 Å². The first kappa shape index (κ1) is 26.1. The summed E-state index contributed by atoms with van der Waals surface area (Å²) in [6, 6.07) is 35.3. The van der Waals surface area contributed by atoms with Gasteiger partial charge in [-0.25, -0.2) is 0 Å². The van der Waals surface area contributed by atoms with Gasteiger partial charge in [0, 0.05) is 18.7 Å². The number of rotatable bonds is 5. The van der Waals surface area contributed by atoms with Crippen molar-refractivity contribution in [1.82, 2.24) is 0 Å². The molecule has 0 aliphatic carbocycles. The lowest BCUT2D eigenvalue weighted by Crippen LogP contribution is -3.00. The Labute approximate surface area is 219 Å². The number of benzene rings is 4. The number of alkyl halides is 3. The van der Waals surface area contributed by atoms with Crippen LogP contribution in [0.15, 0.2) is 115 Å². The molecule has 4 aromatic carbocycles. The van der Waals surface area contributed by atoms with Crippen molar-refractivity contribution in [1.29, 1.82) is 0 Å². The summed E-state index contributed by atoms with van der Waals surface area (Å²) in [5.74, 6) is -0.130. The van der Waals surface area contributed by atoms with Crippen molar-refractivity contribution in [2.45, 2.75) is 18.3 Å². The van der Waals surface area contributed by atoms with Gasteiger partial charge in [0.2, 0.25) is 0 Å². The monoisotopic (exact) mass is 569 g/mol. The van der Waals surface area contributed by atoms with Crippen LogP contribution in [0, 0.1) is 0 Å². The van der Waals surface area contributed by atoms with E-state index in [1.54, 1.807) is 6.07 Å². The second kappa shape index (κ2) is 10.6. The van der Waals surface area contributed by atoms with Crippen molar-refractivity contribution < 1.29 is 34.9 Å². The molecular weight excluding hydrogens is 546 g/mol. The molecule has 0 aromatic heterocycles. The molecule has 1 atom stereocenters. The van der Waals surface area contributed by atoms with Gasteiger partial charge >= 0.3 is 6.18 Å². The quantitative estimate of drug-likeness (QED) is 0.339. The molecule has 0 unspecified atom stereocenters. The van der Waals surface area contributed by atoms with Crippen LogP contribution >= 0.6 is 7.26 Å². The van der Waals surface area contributed by atoms with Crippen LogP contribution in [0.25, 0.3) is 0 Å². The fraction of sp³-hybridized carbons (Fsp3) is 0.138. The molecule has 1 saturated heterocycles. The maximum Gasteiger partial charge on any atom is 0.416 e. The van der Waals surface area contributed by atoms with Crippen LogP contribution in [0.2, 0.25) is 0 Å². The number of hydrogen-bond donors (Lipinski definition) is 0. The third-order valence-corrected chi connectivity index (χ3v) is 11.4. The van der Waals surface area contributed by atoms with E-state index in [-0.39, 0.29) is 28.5 Å². The van der Waals surface area contributed by atoms with Gasteiger partial charge in [0.15, 0.2) is 5.66 Å². The Balaban J connectivity index is 0.00000304. The van der Waals surface area contributed by atoms with E-state index in [1.165, 1.54) is 11.0 Å². The topological polar surface area (TPSA) is 20.3 Å². The number of carbonyl (C=O) groups excluding carboxylic acids is 1. The Kier molecular flexibility index (Phi) is 7.67. The van der Waals surface area contributed by atoms with Crippen molar-refractivity contribution in [3.05, 3.63) is 121 Å². The van der Waals surface area contributed by atoms with Crippen molar-refractivity contribution in [3.8, 4) is 0 Å². The molecule has 2 nitrogen and oxygen atoms in total. The molecular formula is C29H24BrF3NOP. The fourth-order valence-electron chi connectivity index (χ4n) is 5.11. The van der Waals surface area contributed by atoms with Crippen molar-refractivity contribution >= 4 is 34.8 Å². The number of nitrogens with zero attached hydrogens (tertiary/aromatic N) is 1. The molecule has 1 aliphatic heterocycles. The van der Waals surface area contributed by atoms with Gasteiger partial charge in [-0.1, -0.05) is 60.7 Å². The Hall–Kier alpha value is -2.95. The van der Waals surface area contributed by atoms with Gasteiger partial charge in [-0.2, -0.15) is 13.2 Å². The number of carbonyl (C=O) groups is 1. The highest BCUT2D eigenvalue weighted by Gasteiger charge is 2.58. The molecule has 1 fully saturated rings. The number of amides is 1. The largest absolute Gasteiger partial charge is 1.00 e. The van der Waals surface area contributed by atoms with Gasteiger partial charge in [-0.15, -0.1) is 0 Å². The molecule has 36 heavy (non-hydrogen) atoms. The molecule has 0 saturated carbocycles. The van der Waals surface area contributed by atoms with Crippen LogP contribution in [-0.2, 0) is 11.0 Å². The summed E-state index contributed by atoms with van der Waals surface area (Å²) in [7, 11) is -2.47. The second-order valence-electron chi connectivity index (χ2n) is 8.57. The van der Waals surface area contributed by atoms with E-state index in [0.717, 1.165) is 28.0 Å². The van der Waals surface area contributed by atoms with Crippen LogP contribution in [-0.4, -0.2) is 18.1 Å². The molecule has 0 radical (unpaired) electrons. The van der Waals surface area contributed by atoms with Gasteiger partial charge in [0.1, 0.15) is 23.2 Å². The maximum absolute atomic E-state index is 14.1. The predicted molar refractivity (Wildman–Crippen MR) is 137 cm³/mol. The lowest BCUT2D eigenvalue weighted by Gasteiger charge is -2.32. The van der Waals surface area contributed by atoms with E-state index in [9.17, 15) is 18.0 Å². The Morgan fingerprint density at radius 2 is 1.17 bits per heavy atom. The summed E-state index contributed by atoms with van der Waals surface area (Å²) in [6.45, 7) is 0.374. The molecule has 184 valence electrons. The van der Waals surface area contributed by atoms with Crippen molar-refractivity contribution in [2.24, 2.45) is 0 Å². The van der Waals surface area contributed by atoms with Gasteiger partial charge in [0.05, 0.1) is 5.56 Å². The molecule has 0 spiro atoms. The first-order valence-corrected chi connectivity index (χ1v) is 13.3. The average Bonchev–Trinajstić information content (AvgIpc) is 3.27. The van der Waals surface area contributed by atoms with Gasteiger partial charge in [-0.05, 0) is 54.6 Å². The molecule has 7 heteroatoms. The van der Waals surface area contributed by atoms with E-state index in [1.807, 2.05) is 54.6 Å². The minimum absolute atomic E-state index is 0. The molecule has 4 aromatic rings. The van der Waals surface area contributed by atoms with Crippen LogP contribution in [0.3, 0.4) is 0 Å². The molecule has 0 bridgehead atoms. The van der Waals surface area contributed by atoms with E-state index < -0.39 is 19.0 Å². The van der Waals surface area contributed by atoms with Crippen LogP contribution in [0.1, 0.15) is 12.0 Å². The Morgan fingerprint density at radius 1 is 0.694 bits per heavy atom. The standard InChI is InChI=1S/C29H24F3NOP.BrH/c30-29(31,32)22-11-10-12-23(21-22)33-20-19-27(28(33)34)35(24-13-4-1-5-14-24,25-15-6-2-7-16-25)26-17-8-3-9-18-26;/h1-18,21,27H,19-20H2;1H/q+1;/p-1/t27-;/m1./s1. The summed E-state index contributed by atoms with van der Waals surface area (Å²) >= 11 is 0. The fourth-order valence-corrected chi connectivity index (χ4v) is 9.98. The third-order valence-electron chi connectivity index (χ3n) is 6.62. The third kappa shape index (κ3) is 4.60. The summed E-state index contributed by atoms with van der Waals surface area (Å²) < 4.78 is 40.2. The minimum Gasteiger partial charge on any atom is -1.00 e. The molecule has 0 N–H and O–H groups in total. The van der Waals surface area contributed by atoms with E-state index in [2.05, 4.69) is 36.4 Å². The zero-order valence-electron chi connectivity index (χ0n) is 19.3. The average molecular weight is 570 g/mol. The first-order valence-electron chi connectivity index (χ1n) is 11.5. The van der Waals surface area contributed by atoms with E-state index in [0.29, 0.717) is 18.7 Å². The van der Waals surface area contributed by atoms with E-state index >= 15 is 0 Å². The highest BCUT2D eigenvalue weighted by molar-refractivity contribution is 7.97. The number of halogens is 4. The zero-order chi connectivity index (χ0) is 24.5. The SMILES string of the molecule is O=C1[C@H]([P+](c2ccccc2)(c2ccccc2)c2ccccc2)CCN1c1cccc(C(F)(F)F)c1.[Br-]. The highest BCUT2D eigenvalue weighted by Crippen LogP contribution is 2.62. The molecule has 1 amide bonds. The summed E-state index contributed by atoms with van der Waals surface area (Å²) in [4.78, 5) is 15.6. The Morgan fingerprint density at radius 3 is 1.61 bits per heavy atom. The Bertz CT molecular complexity index is 1220. The first-order chi connectivity index (χ1) is 16.9. The molecule has 1 aliphatic rings. The normalized spacial score (nSPS) is 16.0. The molecule has 1 heterocycles.